The molecular weight excluding hydrogens is 412 g/mol. The van der Waals surface area contributed by atoms with Gasteiger partial charge in [-0.05, 0) is 46.7 Å². The molecule has 0 amide bonds. The second kappa shape index (κ2) is 8.49. The molecule has 0 aliphatic carbocycles. The van der Waals surface area contributed by atoms with E-state index in [0.717, 1.165) is 38.4 Å². The molecular formula is C19H21BrN4O3. The Bertz CT molecular complexity index is 847. The van der Waals surface area contributed by atoms with E-state index in [4.69, 9.17) is 0 Å². The molecule has 2 aromatic carbocycles. The van der Waals surface area contributed by atoms with Crippen LogP contribution in [-0.4, -0.2) is 53.9 Å². The molecule has 0 bridgehead atoms. The number of phenols is 1. The van der Waals surface area contributed by atoms with Gasteiger partial charge in [-0.15, -0.1) is 0 Å². The number of rotatable bonds is 5. The zero-order chi connectivity index (χ0) is 19.4. The van der Waals surface area contributed by atoms with Crippen molar-refractivity contribution in [3.8, 4) is 5.75 Å². The average molecular weight is 433 g/mol. The van der Waals surface area contributed by atoms with Crippen molar-refractivity contribution in [2.45, 2.75) is 6.92 Å². The van der Waals surface area contributed by atoms with E-state index in [9.17, 15) is 15.2 Å². The molecule has 8 heteroatoms. The third kappa shape index (κ3) is 4.64. The standard InChI is InChI=1S/C19H21BrN4O3/c1-2-22-7-9-23(10-8-22)16-5-3-15(4-6-16)21-13-14-11-17(24(26)27)12-18(20)19(14)25/h3-6,11-13,25H,2,7-10H2,1H3. The van der Waals surface area contributed by atoms with Crippen LogP contribution in [0.4, 0.5) is 17.1 Å². The highest BCUT2D eigenvalue weighted by atomic mass is 79.9. The number of benzene rings is 2. The van der Waals surface area contributed by atoms with Crippen LogP contribution in [0.1, 0.15) is 12.5 Å². The summed E-state index contributed by atoms with van der Waals surface area (Å²) in [5.74, 6) is -0.0743. The number of nitro benzene ring substituents is 1. The lowest BCUT2D eigenvalue weighted by Crippen LogP contribution is -2.46. The summed E-state index contributed by atoms with van der Waals surface area (Å²) < 4.78 is 0.264. The van der Waals surface area contributed by atoms with Gasteiger partial charge in [0.05, 0.1) is 15.1 Å². The van der Waals surface area contributed by atoms with Crippen molar-refractivity contribution in [1.29, 1.82) is 0 Å². The van der Waals surface area contributed by atoms with E-state index in [1.54, 1.807) is 0 Å². The Balaban J connectivity index is 1.72. The first-order valence-corrected chi connectivity index (χ1v) is 9.55. The fraction of sp³-hybridized carbons (Fsp3) is 0.316. The molecule has 0 radical (unpaired) electrons. The number of nitrogens with zero attached hydrogens (tertiary/aromatic N) is 4. The van der Waals surface area contributed by atoms with Crippen molar-refractivity contribution in [2.24, 2.45) is 4.99 Å². The monoisotopic (exact) mass is 432 g/mol. The number of anilines is 1. The van der Waals surface area contributed by atoms with Crippen LogP contribution in [0.15, 0.2) is 45.9 Å². The largest absolute Gasteiger partial charge is 0.506 e. The van der Waals surface area contributed by atoms with E-state index in [0.29, 0.717) is 5.69 Å². The van der Waals surface area contributed by atoms with Gasteiger partial charge in [-0.1, -0.05) is 6.92 Å². The minimum Gasteiger partial charge on any atom is -0.506 e. The molecule has 1 heterocycles. The topological polar surface area (TPSA) is 82.2 Å². The lowest BCUT2D eigenvalue weighted by Gasteiger charge is -2.35. The molecule has 1 saturated heterocycles. The minimum atomic E-state index is -0.505. The molecule has 0 atom stereocenters. The number of aliphatic imine (C=N–C) groups is 1. The summed E-state index contributed by atoms with van der Waals surface area (Å²) in [6.07, 6.45) is 1.43. The van der Waals surface area contributed by atoms with Crippen LogP contribution >= 0.6 is 15.9 Å². The summed E-state index contributed by atoms with van der Waals surface area (Å²) in [7, 11) is 0. The van der Waals surface area contributed by atoms with E-state index in [-0.39, 0.29) is 21.5 Å². The number of non-ortho nitro benzene ring substituents is 1. The first-order chi connectivity index (χ1) is 13.0. The molecule has 7 nitrogen and oxygen atoms in total. The number of likely N-dealkylation sites (N-methyl/N-ethyl adjacent to an activating group) is 1. The Morgan fingerprint density at radius 2 is 1.89 bits per heavy atom. The molecule has 0 spiro atoms. The number of halogens is 1. The SMILES string of the molecule is CCN1CCN(c2ccc(N=Cc3cc([N+](=O)[O-])cc(Br)c3O)cc2)CC1. The average Bonchev–Trinajstić information content (AvgIpc) is 2.69. The number of hydrogen-bond donors (Lipinski definition) is 1. The molecule has 1 N–H and O–H groups in total. The number of nitro groups is 1. The van der Waals surface area contributed by atoms with Crippen LogP contribution in [-0.2, 0) is 0 Å². The molecule has 1 fully saturated rings. The third-order valence-electron chi connectivity index (χ3n) is 4.68. The maximum Gasteiger partial charge on any atom is 0.271 e. The molecule has 2 aromatic rings. The van der Waals surface area contributed by atoms with Crippen LogP contribution in [0.3, 0.4) is 0 Å². The van der Waals surface area contributed by atoms with Gasteiger partial charge in [-0.25, -0.2) is 0 Å². The zero-order valence-corrected chi connectivity index (χ0v) is 16.6. The van der Waals surface area contributed by atoms with Crippen LogP contribution < -0.4 is 4.90 Å². The Morgan fingerprint density at radius 3 is 2.48 bits per heavy atom. The summed E-state index contributed by atoms with van der Waals surface area (Å²) in [5.41, 5.74) is 2.05. The first kappa shape index (κ1) is 19.3. The van der Waals surface area contributed by atoms with Gasteiger partial charge in [-0.2, -0.15) is 0 Å². The first-order valence-electron chi connectivity index (χ1n) is 8.76. The summed E-state index contributed by atoms with van der Waals surface area (Å²) in [4.78, 5) is 19.6. The van der Waals surface area contributed by atoms with E-state index < -0.39 is 4.92 Å². The van der Waals surface area contributed by atoms with Gasteiger partial charge >= 0.3 is 0 Å². The number of hydrogen-bond acceptors (Lipinski definition) is 6. The quantitative estimate of drug-likeness (QED) is 0.439. The Morgan fingerprint density at radius 1 is 1.22 bits per heavy atom. The molecule has 3 rings (SSSR count). The predicted molar refractivity (Wildman–Crippen MR) is 110 cm³/mol. The van der Waals surface area contributed by atoms with Gasteiger partial charge in [0.1, 0.15) is 5.75 Å². The highest BCUT2D eigenvalue weighted by molar-refractivity contribution is 9.10. The van der Waals surface area contributed by atoms with Crippen molar-refractivity contribution >= 4 is 39.2 Å². The minimum absolute atomic E-state index is 0.0743. The van der Waals surface area contributed by atoms with Gasteiger partial charge in [0.15, 0.2) is 0 Å². The molecule has 0 saturated carbocycles. The summed E-state index contributed by atoms with van der Waals surface area (Å²) in [6.45, 7) is 7.41. The van der Waals surface area contributed by atoms with Crippen LogP contribution in [0, 0.1) is 10.1 Å². The predicted octanol–water partition coefficient (Wildman–Crippen LogP) is 3.96. The fourth-order valence-electron chi connectivity index (χ4n) is 3.03. The van der Waals surface area contributed by atoms with Crippen molar-refractivity contribution in [3.63, 3.8) is 0 Å². The van der Waals surface area contributed by atoms with Gasteiger partial charge in [0.2, 0.25) is 0 Å². The third-order valence-corrected chi connectivity index (χ3v) is 5.28. The Kier molecular flexibility index (Phi) is 6.08. The van der Waals surface area contributed by atoms with Crippen LogP contribution in [0.25, 0.3) is 0 Å². The van der Waals surface area contributed by atoms with Gasteiger partial charge in [0, 0.05) is 55.8 Å². The number of aromatic hydroxyl groups is 1. The van der Waals surface area contributed by atoms with Crippen molar-refractivity contribution in [1.82, 2.24) is 4.90 Å². The lowest BCUT2D eigenvalue weighted by molar-refractivity contribution is -0.385. The lowest BCUT2D eigenvalue weighted by atomic mass is 10.2. The summed E-state index contributed by atoms with van der Waals surface area (Å²) in [6, 6.07) is 10.4. The summed E-state index contributed by atoms with van der Waals surface area (Å²) >= 11 is 3.13. The van der Waals surface area contributed by atoms with Gasteiger partial charge in [-0.3, -0.25) is 15.1 Å². The second-order valence-corrected chi connectivity index (χ2v) is 7.17. The van der Waals surface area contributed by atoms with E-state index in [2.05, 4.69) is 37.6 Å². The second-order valence-electron chi connectivity index (χ2n) is 6.32. The van der Waals surface area contributed by atoms with E-state index >= 15 is 0 Å². The van der Waals surface area contributed by atoms with E-state index in [1.807, 2.05) is 24.3 Å². The smallest absolute Gasteiger partial charge is 0.271 e. The summed E-state index contributed by atoms with van der Waals surface area (Å²) in [5, 5.41) is 21.0. The van der Waals surface area contributed by atoms with Crippen molar-refractivity contribution in [3.05, 3.63) is 56.5 Å². The Hall–Kier alpha value is -2.45. The molecule has 0 unspecified atom stereocenters. The van der Waals surface area contributed by atoms with Crippen LogP contribution in [0.2, 0.25) is 0 Å². The van der Waals surface area contributed by atoms with Gasteiger partial charge in [0.25, 0.3) is 5.69 Å². The molecule has 142 valence electrons. The molecule has 0 aromatic heterocycles. The maximum atomic E-state index is 11.0. The normalized spacial score (nSPS) is 15.4. The highest BCUT2D eigenvalue weighted by Gasteiger charge is 2.16. The highest BCUT2D eigenvalue weighted by Crippen LogP contribution is 2.32. The molecule has 1 aliphatic rings. The maximum absolute atomic E-state index is 11.0. The van der Waals surface area contributed by atoms with Gasteiger partial charge < -0.3 is 14.9 Å². The fourth-order valence-corrected chi connectivity index (χ4v) is 3.49. The molecule has 27 heavy (non-hydrogen) atoms. The van der Waals surface area contributed by atoms with Crippen molar-refractivity contribution in [2.75, 3.05) is 37.6 Å². The Labute approximate surface area is 166 Å². The van der Waals surface area contributed by atoms with Crippen LogP contribution in [0.5, 0.6) is 5.75 Å². The number of piperazine rings is 1. The zero-order valence-electron chi connectivity index (χ0n) is 15.0. The molecule has 1 aliphatic heterocycles. The number of phenolic OH excluding ortho intramolecular Hbond substituents is 1. The van der Waals surface area contributed by atoms with Crippen molar-refractivity contribution < 1.29 is 10.0 Å². The van der Waals surface area contributed by atoms with E-state index in [1.165, 1.54) is 18.3 Å².